The summed E-state index contributed by atoms with van der Waals surface area (Å²) >= 11 is 1.47. The van der Waals surface area contributed by atoms with Crippen molar-refractivity contribution in [2.75, 3.05) is 7.05 Å². The van der Waals surface area contributed by atoms with Crippen LogP contribution in [0.25, 0.3) is 22.0 Å². The minimum atomic E-state index is -0.704. The maximum atomic E-state index is 15.1. The van der Waals surface area contributed by atoms with Gasteiger partial charge in [0, 0.05) is 36.3 Å². The second-order valence-electron chi connectivity index (χ2n) is 7.84. The molecule has 0 saturated heterocycles. The number of nitrogens with zero attached hydrogens (tertiary/aromatic N) is 3. The van der Waals surface area contributed by atoms with Crippen LogP contribution in [0.3, 0.4) is 0 Å². The van der Waals surface area contributed by atoms with Crippen LogP contribution in [0.2, 0.25) is 0 Å². The van der Waals surface area contributed by atoms with Crippen molar-refractivity contribution in [3.05, 3.63) is 64.0 Å². The van der Waals surface area contributed by atoms with Crippen LogP contribution in [0.5, 0.6) is 5.75 Å². The smallest absolute Gasteiger partial charge is 0.254 e. The van der Waals surface area contributed by atoms with E-state index in [9.17, 15) is 9.18 Å². The number of hydrogen-bond acceptors (Lipinski definition) is 5. The number of fused-ring (bicyclic) bond motifs is 1. The lowest BCUT2D eigenvalue weighted by Gasteiger charge is -2.19. The molecule has 1 aliphatic carbocycles. The Hall–Kier alpha value is -3.33. The van der Waals surface area contributed by atoms with Gasteiger partial charge in [-0.25, -0.2) is 8.78 Å². The van der Waals surface area contributed by atoms with Crippen molar-refractivity contribution < 1.29 is 18.3 Å². The average Bonchev–Trinajstić information content (AvgIpc) is 3.23. The number of carbonyl (C=O) groups is 1. The molecule has 3 aromatic heterocycles. The van der Waals surface area contributed by atoms with Gasteiger partial charge in [-0.3, -0.25) is 14.9 Å². The lowest BCUT2D eigenvalue weighted by molar-refractivity contribution is 0.0784. The molecule has 5 rings (SSSR count). The predicted octanol–water partition coefficient (Wildman–Crippen LogP) is 5.11. The highest BCUT2D eigenvalue weighted by atomic mass is 32.1. The monoisotopic (exact) mass is 454 g/mol. The number of benzene rings is 1. The van der Waals surface area contributed by atoms with E-state index in [0.29, 0.717) is 33.5 Å². The van der Waals surface area contributed by atoms with E-state index < -0.39 is 12.5 Å². The molecular formula is C23H20F2N4O2S. The number of aromatic amines is 1. The van der Waals surface area contributed by atoms with Crippen LogP contribution in [0.15, 0.2) is 41.4 Å². The first-order valence-corrected chi connectivity index (χ1v) is 11.1. The zero-order valence-corrected chi connectivity index (χ0v) is 18.1. The zero-order valence-electron chi connectivity index (χ0n) is 17.3. The Morgan fingerprint density at radius 3 is 2.91 bits per heavy atom. The molecule has 1 aliphatic rings. The molecule has 1 amide bonds. The summed E-state index contributed by atoms with van der Waals surface area (Å²) < 4.78 is 34.3. The molecule has 1 aromatic carbocycles. The highest BCUT2D eigenvalue weighted by Crippen LogP contribution is 2.38. The number of amides is 1. The predicted molar refractivity (Wildman–Crippen MR) is 118 cm³/mol. The number of H-pyrrole nitrogens is 1. The quantitative estimate of drug-likeness (QED) is 0.421. The van der Waals surface area contributed by atoms with E-state index in [0.717, 1.165) is 18.4 Å². The van der Waals surface area contributed by atoms with Crippen LogP contribution in [-0.2, 0) is 13.2 Å². The van der Waals surface area contributed by atoms with Crippen molar-refractivity contribution in [3.8, 4) is 16.9 Å². The molecule has 0 aliphatic heterocycles. The van der Waals surface area contributed by atoms with E-state index in [-0.39, 0.29) is 24.1 Å². The number of alkyl halides is 1. The molecule has 1 saturated carbocycles. The third kappa shape index (κ3) is 3.84. The van der Waals surface area contributed by atoms with Crippen molar-refractivity contribution in [2.45, 2.75) is 32.2 Å². The molecule has 4 aromatic rings. The molecule has 0 radical (unpaired) electrons. The number of hydrogen-bond donors (Lipinski definition) is 1. The van der Waals surface area contributed by atoms with Crippen molar-refractivity contribution in [1.82, 2.24) is 20.1 Å². The van der Waals surface area contributed by atoms with E-state index in [2.05, 4.69) is 15.2 Å². The molecule has 0 spiro atoms. The molecule has 164 valence electrons. The fourth-order valence-corrected chi connectivity index (χ4v) is 4.31. The summed E-state index contributed by atoms with van der Waals surface area (Å²) in [6.07, 6.45) is 4.95. The number of rotatable bonds is 7. The summed E-state index contributed by atoms with van der Waals surface area (Å²) in [4.78, 5) is 18.8. The number of ether oxygens (including phenoxy) is 1. The summed E-state index contributed by atoms with van der Waals surface area (Å²) in [7, 11) is 1.62. The maximum absolute atomic E-state index is 15.1. The zero-order chi connectivity index (χ0) is 22.2. The second kappa shape index (κ2) is 8.31. The standard InChI is InChI=1S/C23H20F2N4O2S/c1-29(11-15-9-26-19(8-24)17-10-27-28-22(15)17)23(30)14-6-18(25)21(13-4-5-32-12-13)20(7-14)31-16-2-3-16/h4-7,9-10,12,16H,2-3,8,11H2,1H3,(H,27,28). The first kappa shape index (κ1) is 20.6. The van der Waals surface area contributed by atoms with E-state index in [1.165, 1.54) is 34.7 Å². The van der Waals surface area contributed by atoms with Crippen molar-refractivity contribution in [2.24, 2.45) is 0 Å². The minimum Gasteiger partial charge on any atom is -0.490 e. The lowest BCUT2D eigenvalue weighted by atomic mass is 10.0. The van der Waals surface area contributed by atoms with Crippen molar-refractivity contribution in [3.63, 3.8) is 0 Å². The summed E-state index contributed by atoms with van der Waals surface area (Å²) in [5, 5.41) is 11.1. The summed E-state index contributed by atoms with van der Waals surface area (Å²) in [5.41, 5.74) is 2.92. The fourth-order valence-electron chi connectivity index (χ4n) is 3.66. The van der Waals surface area contributed by atoms with Gasteiger partial charge in [0.25, 0.3) is 5.91 Å². The first-order valence-electron chi connectivity index (χ1n) is 10.2. The highest BCUT2D eigenvalue weighted by molar-refractivity contribution is 7.08. The average molecular weight is 455 g/mol. The second-order valence-corrected chi connectivity index (χ2v) is 8.62. The van der Waals surface area contributed by atoms with Crippen LogP contribution in [0, 0.1) is 5.82 Å². The molecule has 0 atom stereocenters. The normalized spacial score (nSPS) is 13.5. The van der Waals surface area contributed by atoms with Crippen LogP contribution >= 0.6 is 11.3 Å². The Kier molecular flexibility index (Phi) is 5.34. The van der Waals surface area contributed by atoms with Gasteiger partial charge in [-0.15, -0.1) is 0 Å². The van der Waals surface area contributed by atoms with Gasteiger partial charge in [-0.2, -0.15) is 16.4 Å². The number of nitrogens with one attached hydrogen (secondary N) is 1. The van der Waals surface area contributed by atoms with Crippen molar-refractivity contribution >= 4 is 28.1 Å². The Morgan fingerprint density at radius 1 is 1.34 bits per heavy atom. The Balaban J connectivity index is 1.45. The van der Waals surface area contributed by atoms with E-state index in [1.54, 1.807) is 13.1 Å². The van der Waals surface area contributed by atoms with E-state index in [1.807, 2.05) is 16.8 Å². The van der Waals surface area contributed by atoms with Gasteiger partial charge in [0.05, 0.1) is 29.1 Å². The molecule has 0 unspecified atom stereocenters. The minimum absolute atomic E-state index is 0.0589. The van der Waals surface area contributed by atoms with Crippen LogP contribution in [0.1, 0.15) is 34.5 Å². The molecule has 32 heavy (non-hydrogen) atoms. The Bertz CT molecular complexity index is 1280. The number of carbonyl (C=O) groups excluding carboxylic acids is 1. The van der Waals surface area contributed by atoms with E-state index in [4.69, 9.17) is 4.74 Å². The van der Waals surface area contributed by atoms with E-state index >= 15 is 4.39 Å². The van der Waals surface area contributed by atoms with Crippen LogP contribution in [-0.4, -0.2) is 39.1 Å². The van der Waals surface area contributed by atoms with Gasteiger partial charge in [0.1, 0.15) is 18.2 Å². The summed E-state index contributed by atoms with van der Waals surface area (Å²) in [6, 6.07) is 4.70. The maximum Gasteiger partial charge on any atom is 0.254 e. The van der Waals surface area contributed by atoms with Gasteiger partial charge >= 0.3 is 0 Å². The van der Waals surface area contributed by atoms with Gasteiger partial charge < -0.3 is 9.64 Å². The third-order valence-electron chi connectivity index (χ3n) is 5.46. The third-order valence-corrected chi connectivity index (χ3v) is 6.14. The number of pyridine rings is 1. The Labute approximate surface area is 186 Å². The largest absolute Gasteiger partial charge is 0.490 e. The van der Waals surface area contributed by atoms with Crippen molar-refractivity contribution in [1.29, 1.82) is 0 Å². The van der Waals surface area contributed by atoms with Gasteiger partial charge in [0.2, 0.25) is 0 Å². The number of halogens is 2. The number of aromatic nitrogens is 3. The van der Waals surface area contributed by atoms with Gasteiger partial charge in [-0.05, 0) is 47.4 Å². The lowest BCUT2D eigenvalue weighted by Crippen LogP contribution is -2.26. The molecular weight excluding hydrogens is 434 g/mol. The van der Waals surface area contributed by atoms with Crippen LogP contribution < -0.4 is 4.74 Å². The fraction of sp³-hybridized carbons (Fsp3) is 0.261. The Morgan fingerprint density at radius 2 is 2.19 bits per heavy atom. The SMILES string of the molecule is CN(Cc1cnc(CF)c2cn[nH]c12)C(=O)c1cc(F)c(-c2ccsc2)c(OC2CC2)c1. The first-order chi connectivity index (χ1) is 15.5. The van der Waals surface area contributed by atoms with Gasteiger partial charge in [0.15, 0.2) is 0 Å². The molecule has 9 heteroatoms. The van der Waals surface area contributed by atoms with Gasteiger partial charge in [-0.1, -0.05) is 0 Å². The highest BCUT2D eigenvalue weighted by Gasteiger charge is 2.27. The van der Waals surface area contributed by atoms with Crippen LogP contribution in [0.4, 0.5) is 8.78 Å². The molecule has 0 bridgehead atoms. The topological polar surface area (TPSA) is 71.1 Å². The number of thiophene rings is 1. The molecule has 1 N–H and O–H groups in total. The summed E-state index contributed by atoms with van der Waals surface area (Å²) in [6.45, 7) is -0.506. The molecule has 3 heterocycles. The summed E-state index contributed by atoms with van der Waals surface area (Å²) in [5.74, 6) is -0.473. The molecule has 6 nitrogen and oxygen atoms in total. The molecule has 1 fully saturated rings.